The molecule has 1 aliphatic carbocycles. The molecule has 0 saturated heterocycles. The van der Waals surface area contributed by atoms with Crippen molar-refractivity contribution in [3.05, 3.63) is 105 Å². The number of hydrogen-bond acceptors (Lipinski definition) is 0. The van der Waals surface area contributed by atoms with Crippen LogP contribution in [0.4, 0.5) is 13.2 Å². The van der Waals surface area contributed by atoms with Crippen LogP contribution >= 0.6 is 11.6 Å². The number of hydrogen-bond donors (Lipinski definition) is 0. The maximum absolute atomic E-state index is 14.7. The third-order valence-corrected chi connectivity index (χ3v) is 8.37. The van der Waals surface area contributed by atoms with Crippen molar-refractivity contribution in [3.63, 3.8) is 0 Å². The molecule has 0 heterocycles. The molecular formula is C33H38ClF3. The van der Waals surface area contributed by atoms with Crippen molar-refractivity contribution in [2.75, 3.05) is 0 Å². The van der Waals surface area contributed by atoms with Crippen LogP contribution < -0.4 is 0 Å². The Morgan fingerprint density at radius 1 is 0.595 bits per heavy atom. The van der Waals surface area contributed by atoms with E-state index < -0.39 is 17.5 Å². The van der Waals surface area contributed by atoms with E-state index in [0.717, 1.165) is 30.7 Å². The zero-order valence-corrected chi connectivity index (χ0v) is 22.6. The van der Waals surface area contributed by atoms with Crippen LogP contribution in [0.1, 0.15) is 79.7 Å². The molecule has 1 saturated carbocycles. The van der Waals surface area contributed by atoms with Crippen molar-refractivity contribution in [1.29, 1.82) is 0 Å². The van der Waals surface area contributed by atoms with Crippen LogP contribution in [-0.4, -0.2) is 0 Å². The van der Waals surface area contributed by atoms with Crippen LogP contribution in [0, 0.1) is 29.3 Å². The van der Waals surface area contributed by atoms with Gasteiger partial charge in [-0.3, -0.25) is 0 Å². The first-order valence-electron chi connectivity index (χ1n) is 13.9. The predicted molar refractivity (Wildman–Crippen MR) is 148 cm³/mol. The second-order valence-corrected chi connectivity index (χ2v) is 11.2. The molecule has 3 aromatic rings. The Kier molecular flexibility index (Phi) is 10.1. The summed E-state index contributed by atoms with van der Waals surface area (Å²) in [5, 5.41) is 0.0481. The van der Waals surface area contributed by atoms with Gasteiger partial charge in [-0.1, -0.05) is 81.0 Å². The molecule has 0 spiro atoms. The smallest absolute Gasteiger partial charge is 0.142 e. The van der Waals surface area contributed by atoms with Crippen LogP contribution in [0.25, 0.3) is 0 Å². The highest BCUT2D eigenvalue weighted by Gasteiger charge is 2.21. The summed E-state index contributed by atoms with van der Waals surface area (Å²) in [5.74, 6) is -0.0987. The minimum atomic E-state index is -0.512. The Bertz CT molecular complexity index is 1120. The number of halogens is 4. The van der Waals surface area contributed by atoms with Crippen LogP contribution in [0.15, 0.2) is 54.6 Å². The molecule has 0 nitrogen and oxygen atoms in total. The molecule has 0 aliphatic heterocycles. The molecule has 3 aromatic carbocycles. The van der Waals surface area contributed by atoms with Crippen molar-refractivity contribution in [3.8, 4) is 0 Å². The van der Waals surface area contributed by atoms with Crippen LogP contribution in [0.2, 0.25) is 5.02 Å². The largest absolute Gasteiger partial charge is 0.207 e. The van der Waals surface area contributed by atoms with E-state index in [1.54, 1.807) is 6.07 Å². The summed E-state index contributed by atoms with van der Waals surface area (Å²) in [4.78, 5) is 0. The third kappa shape index (κ3) is 8.11. The fourth-order valence-electron chi connectivity index (χ4n) is 5.71. The molecule has 0 radical (unpaired) electrons. The van der Waals surface area contributed by atoms with E-state index in [9.17, 15) is 13.2 Å². The van der Waals surface area contributed by atoms with Gasteiger partial charge in [-0.2, -0.15) is 0 Å². The molecule has 1 aliphatic rings. The molecule has 0 amide bonds. The topological polar surface area (TPSA) is 0 Å². The van der Waals surface area contributed by atoms with Gasteiger partial charge in [-0.05, 0) is 103 Å². The highest BCUT2D eigenvalue weighted by atomic mass is 35.5. The third-order valence-electron chi connectivity index (χ3n) is 8.06. The second kappa shape index (κ2) is 13.5. The average Bonchev–Trinajstić information content (AvgIpc) is 2.89. The SMILES string of the molecule is CCCc1ccc(CCC2CCC(CCc3cc(F)c(CCc4ccc(Cl)c(F)c4)c(F)c3)CC2)cc1. The van der Waals surface area contributed by atoms with Crippen molar-refractivity contribution in [2.45, 2.75) is 84.0 Å². The molecule has 37 heavy (non-hydrogen) atoms. The maximum atomic E-state index is 14.7. The van der Waals surface area contributed by atoms with Crippen molar-refractivity contribution >= 4 is 11.6 Å². The Morgan fingerprint density at radius 2 is 1.08 bits per heavy atom. The summed E-state index contributed by atoms with van der Waals surface area (Å²) >= 11 is 5.71. The minimum absolute atomic E-state index is 0.0481. The summed E-state index contributed by atoms with van der Waals surface area (Å²) in [6.45, 7) is 2.22. The zero-order chi connectivity index (χ0) is 26.2. The van der Waals surface area contributed by atoms with Crippen LogP contribution in [0.5, 0.6) is 0 Å². The molecule has 1 fully saturated rings. The average molecular weight is 527 g/mol. The highest BCUT2D eigenvalue weighted by Crippen LogP contribution is 2.34. The van der Waals surface area contributed by atoms with Gasteiger partial charge in [0.05, 0.1) is 5.02 Å². The van der Waals surface area contributed by atoms with Gasteiger partial charge in [0.1, 0.15) is 17.5 Å². The van der Waals surface area contributed by atoms with Crippen LogP contribution in [0.3, 0.4) is 0 Å². The molecule has 0 atom stereocenters. The number of aryl methyl sites for hydroxylation is 4. The van der Waals surface area contributed by atoms with Gasteiger partial charge in [-0.25, -0.2) is 13.2 Å². The summed E-state index contributed by atoms with van der Waals surface area (Å²) < 4.78 is 43.1. The monoisotopic (exact) mass is 526 g/mol. The summed E-state index contributed by atoms with van der Waals surface area (Å²) in [7, 11) is 0. The summed E-state index contributed by atoms with van der Waals surface area (Å²) in [6.07, 6.45) is 11.9. The van der Waals surface area contributed by atoms with E-state index in [1.165, 1.54) is 73.9 Å². The van der Waals surface area contributed by atoms with Gasteiger partial charge in [0.15, 0.2) is 0 Å². The Balaban J connectivity index is 1.20. The lowest BCUT2D eigenvalue weighted by Gasteiger charge is -2.28. The van der Waals surface area contributed by atoms with E-state index in [2.05, 4.69) is 31.2 Å². The molecule has 0 aromatic heterocycles. The minimum Gasteiger partial charge on any atom is -0.207 e. The molecule has 0 unspecified atom stereocenters. The fraction of sp³-hybridized carbons (Fsp3) is 0.455. The fourth-order valence-corrected chi connectivity index (χ4v) is 5.83. The van der Waals surface area contributed by atoms with E-state index in [0.29, 0.717) is 24.3 Å². The Morgan fingerprint density at radius 3 is 1.62 bits per heavy atom. The van der Waals surface area contributed by atoms with E-state index in [-0.39, 0.29) is 17.0 Å². The summed E-state index contributed by atoms with van der Waals surface area (Å²) in [6, 6.07) is 16.6. The molecule has 0 bridgehead atoms. The Hall–Kier alpha value is -2.26. The lowest BCUT2D eigenvalue weighted by molar-refractivity contribution is 0.253. The summed E-state index contributed by atoms with van der Waals surface area (Å²) in [5.41, 5.74) is 4.33. The second-order valence-electron chi connectivity index (χ2n) is 10.8. The molecule has 198 valence electrons. The molecule has 4 heteroatoms. The van der Waals surface area contributed by atoms with Crippen LogP contribution in [-0.2, 0) is 32.1 Å². The van der Waals surface area contributed by atoms with Crippen molar-refractivity contribution in [1.82, 2.24) is 0 Å². The highest BCUT2D eigenvalue weighted by molar-refractivity contribution is 6.30. The van der Waals surface area contributed by atoms with Gasteiger partial charge in [0, 0.05) is 5.56 Å². The standard InChI is InChI=1S/C33H38ClF3/c1-2-3-23-4-6-24(7-5-23)8-9-25-10-12-26(13-11-25)14-15-28-21-31(35)29(32(36)22-28)18-16-27-17-19-30(34)33(37)20-27/h4-7,17,19-22,25-26H,2-3,8-16,18H2,1H3. The Labute approximate surface area is 225 Å². The quantitative estimate of drug-likeness (QED) is 0.233. The zero-order valence-electron chi connectivity index (χ0n) is 21.8. The van der Waals surface area contributed by atoms with E-state index >= 15 is 0 Å². The number of benzene rings is 3. The van der Waals surface area contributed by atoms with E-state index in [1.807, 2.05) is 0 Å². The van der Waals surface area contributed by atoms with Gasteiger partial charge < -0.3 is 0 Å². The normalized spacial score (nSPS) is 17.8. The maximum Gasteiger partial charge on any atom is 0.142 e. The van der Waals surface area contributed by atoms with Gasteiger partial charge in [0.2, 0.25) is 0 Å². The predicted octanol–water partition coefficient (Wildman–Crippen LogP) is 9.87. The van der Waals surface area contributed by atoms with Gasteiger partial charge >= 0.3 is 0 Å². The molecule has 0 N–H and O–H groups in total. The first kappa shape index (κ1) is 27.8. The van der Waals surface area contributed by atoms with Crippen molar-refractivity contribution in [2.24, 2.45) is 11.8 Å². The number of rotatable bonds is 11. The van der Waals surface area contributed by atoms with Gasteiger partial charge in [-0.15, -0.1) is 0 Å². The van der Waals surface area contributed by atoms with Crippen molar-refractivity contribution < 1.29 is 13.2 Å². The molecular weight excluding hydrogens is 489 g/mol. The van der Waals surface area contributed by atoms with Gasteiger partial charge in [0.25, 0.3) is 0 Å². The lowest BCUT2D eigenvalue weighted by atomic mass is 9.77. The first-order valence-corrected chi connectivity index (χ1v) is 14.3. The first-order chi connectivity index (χ1) is 17.9. The lowest BCUT2D eigenvalue weighted by Crippen LogP contribution is -2.16. The molecule has 4 rings (SSSR count). The van der Waals surface area contributed by atoms with E-state index in [4.69, 9.17) is 11.6 Å².